The van der Waals surface area contributed by atoms with Gasteiger partial charge in [-0.05, 0) is 17.9 Å². The number of aryl methyl sites for hydroxylation is 1. The predicted octanol–water partition coefficient (Wildman–Crippen LogP) is 1.77. The molecule has 1 heterocycles. The van der Waals surface area contributed by atoms with Crippen LogP contribution >= 0.6 is 0 Å². The largest absolute Gasteiger partial charge is 0.396 e. The highest BCUT2D eigenvalue weighted by molar-refractivity contribution is 5.93. The van der Waals surface area contributed by atoms with Crippen molar-refractivity contribution in [3.8, 4) is 6.07 Å². The van der Waals surface area contributed by atoms with Gasteiger partial charge in [-0.25, -0.2) is 0 Å². The molecule has 0 atom stereocenters. The number of hydrogen-bond donors (Lipinski definition) is 1. The van der Waals surface area contributed by atoms with E-state index in [9.17, 15) is 4.79 Å². The summed E-state index contributed by atoms with van der Waals surface area (Å²) in [4.78, 5) is 14.3. The maximum atomic E-state index is 12.6. The topological polar surface area (TPSA) is 69.3 Å². The van der Waals surface area contributed by atoms with Crippen molar-refractivity contribution >= 4 is 5.91 Å². The molecule has 1 amide bonds. The Hall–Kier alpha value is -1.80. The molecule has 5 heteroatoms. The van der Waals surface area contributed by atoms with Gasteiger partial charge in [-0.15, -0.1) is 0 Å². The lowest BCUT2D eigenvalue weighted by Gasteiger charge is -2.30. The number of rotatable bonds is 5. The minimum Gasteiger partial charge on any atom is -0.396 e. The molecule has 0 saturated carbocycles. The standard InChI is InChI=1S/C15H23N3O2/c1-15(2,3)11-18(6-5-7-19)14(20)13-8-12(9-16)10-17(13)4/h8,10,19H,5-7,11H2,1-4H3. The fourth-order valence-electron chi connectivity index (χ4n) is 2.09. The van der Waals surface area contributed by atoms with Crippen LogP contribution in [-0.2, 0) is 7.05 Å². The Kier molecular flexibility index (Phi) is 5.34. The van der Waals surface area contributed by atoms with Gasteiger partial charge in [0.25, 0.3) is 5.91 Å². The van der Waals surface area contributed by atoms with Gasteiger partial charge < -0.3 is 14.6 Å². The minimum atomic E-state index is -0.0997. The number of carbonyl (C=O) groups is 1. The summed E-state index contributed by atoms with van der Waals surface area (Å²) >= 11 is 0. The summed E-state index contributed by atoms with van der Waals surface area (Å²) in [6.07, 6.45) is 2.20. The van der Waals surface area contributed by atoms with Crippen molar-refractivity contribution in [1.82, 2.24) is 9.47 Å². The quantitative estimate of drug-likeness (QED) is 0.891. The van der Waals surface area contributed by atoms with Gasteiger partial charge in [-0.3, -0.25) is 4.79 Å². The number of hydrogen-bond acceptors (Lipinski definition) is 3. The number of nitriles is 1. The zero-order valence-electron chi connectivity index (χ0n) is 12.7. The summed E-state index contributed by atoms with van der Waals surface area (Å²) < 4.78 is 1.68. The summed E-state index contributed by atoms with van der Waals surface area (Å²) in [6, 6.07) is 3.65. The first kappa shape index (κ1) is 16.3. The van der Waals surface area contributed by atoms with Crippen molar-refractivity contribution < 1.29 is 9.90 Å². The molecule has 0 saturated heterocycles. The third-order valence-corrected chi connectivity index (χ3v) is 2.89. The van der Waals surface area contributed by atoms with E-state index in [0.717, 1.165) is 0 Å². The average molecular weight is 277 g/mol. The summed E-state index contributed by atoms with van der Waals surface area (Å²) in [5, 5.41) is 17.9. The molecule has 0 radical (unpaired) electrons. The highest BCUT2D eigenvalue weighted by Crippen LogP contribution is 2.18. The van der Waals surface area contributed by atoms with Gasteiger partial charge in [-0.2, -0.15) is 5.26 Å². The second-order valence-electron chi connectivity index (χ2n) is 6.20. The van der Waals surface area contributed by atoms with Gasteiger partial charge in [0.2, 0.25) is 0 Å². The minimum absolute atomic E-state index is 0.0195. The SMILES string of the molecule is Cn1cc(C#N)cc1C(=O)N(CCCO)CC(C)(C)C. The van der Waals surface area contributed by atoms with Crippen LogP contribution in [0.3, 0.4) is 0 Å². The first-order valence-electron chi connectivity index (χ1n) is 6.75. The first-order valence-corrected chi connectivity index (χ1v) is 6.75. The van der Waals surface area contributed by atoms with Crippen LogP contribution in [0.25, 0.3) is 0 Å². The highest BCUT2D eigenvalue weighted by Gasteiger charge is 2.23. The van der Waals surface area contributed by atoms with Crippen molar-refractivity contribution in [3.63, 3.8) is 0 Å². The molecule has 0 bridgehead atoms. The van der Waals surface area contributed by atoms with E-state index in [0.29, 0.717) is 30.8 Å². The zero-order valence-corrected chi connectivity index (χ0v) is 12.7. The van der Waals surface area contributed by atoms with E-state index >= 15 is 0 Å². The van der Waals surface area contributed by atoms with Crippen molar-refractivity contribution in [2.75, 3.05) is 19.7 Å². The molecule has 0 unspecified atom stereocenters. The van der Waals surface area contributed by atoms with Crippen LogP contribution < -0.4 is 0 Å². The Balaban J connectivity index is 2.97. The molecule has 1 aromatic rings. The molecule has 0 aliphatic heterocycles. The molecule has 1 N–H and O–H groups in total. The van der Waals surface area contributed by atoms with Gasteiger partial charge in [-0.1, -0.05) is 20.8 Å². The smallest absolute Gasteiger partial charge is 0.270 e. The lowest BCUT2D eigenvalue weighted by molar-refractivity contribution is 0.0673. The van der Waals surface area contributed by atoms with Crippen molar-refractivity contribution in [1.29, 1.82) is 5.26 Å². The molecule has 20 heavy (non-hydrogen) atoms. The van der Waals surface area contributed by atoms with E-state index in [2.05, 4.69) is 20.8 Å². The van der Waals surface area contributed by atoms with Crippen LogP contribution in [0.5, 0.6) is 0 Å². The fraction of sp³-hybridized carbons (Fsp3) is 0.600. The van der Waals surface area contributed by atoms with E-state index in [4.69, 9.17) is 10.4 Å². The molecule has 0 aromatic carbocycles. The van der Waals surface area contributed by atoms with E-state index in [1.807, 2.05) is 6.07 Å². The first-order chi connectivity index (χ1) is 9.28. The normalized spacial score (nSPS) is 11.2. The monoisotopic (exact) mass is 277 g/mol. The molecular weight excluding hydrogens is 254 g/mol. The van der Waals surface area contributed by atoms with E-state index in [1.165, 1.54) is 0 Å². The molecule has 0 spiro atoms. The highest BCUT2D eigenvalue weighted by atomic mass is 16.3. The van der Waals surface area contributed by atoms with Crippen molar-refractivity contribution in [2.45, 2.75) is 27.2 Å². The molecule has 1 rings (SSSR count). The number of nitrogens with zero attached hydrogens (tertiary/aromatic N) is 3. The molecule has 0 aliphatic rings. The van der Waals surface area contributed by atoms with E-state index in [1.54, 1.807) is 28.8 Å². The number of carbonyl (C=O) groups excluding carboxylic acids is 1. The Morgan fingerprint density at radius 1 is 1.50 bits per heavy atom. The summed E-state index contributed by atoms with van der Waals surface area (Å²) in [5.41, 5.74) is 0.964. The summed E-state index contributed by atoms with van der Waals surface area (Å²) in [5.74, 6) is -0.0997. The molecule has 5 nitrogen and oxygen atoms in total. The van der Waals surface area contributed by atoms with Crippen molar-refractivity contribution in [3.05, 3.63) is 23.5 Å². The number of aliphatic hydroxyl groups excluding tert-OH is 1. The Bertz CT molecular complexity index is 506. The van der Waals surface area contributed by atoms with Gasteiger partial charge in [0.1, 0.15) is 11.8 Å². The third-order valence-electron chi connectivity index (χ3n) is 2.89. The van der Waals surface area contributed by atoms with E-state index < -0.39 is 0 Å². The third kappa shape index (κ3) is 4.39. The second kappa shape index (κ2) is 6.58. The Labute approximate surface area is 120 Å². The van der Waals surface area contributed by atoms with Gasteiger partial charge in [0.05, 0.1) is 5.56 Å². The maximum absolute atomic E-state index is 12.6. The lowest BCUT2D eigenvalue weighted by atomic mass is 9.95. The van der Waals surface area contributed by atoms with Crippen LogP contribution in [0.1, 0.15) is 43.2 Å². The second-order valence-corrected chi connectivity index (χ2v) is 6.20. The van der Waals surface area contributed by atoms with Crippen LogP contribution in [-0.4, -0.2) is 40.2 Å². The van der Waals surface area contributed by atoms with Gasteiger partial charge in [0, 0.05) is 32.9 Å². The number of aliphatic hydroxyl groups is 1. The van der Waals surface area contributed by atoms with E-state index in [-0.39, 0.29) is 17.9 Å². The van der Waals surface area contributed by atoms with Gasteiger partial charge in [0.15, 0.2) is 0 Å². The maximum Gasteiger partial charge on any atom is 0.270 e. The average Bonchev–Trinajstić information content (AvgIpc) is 2.73. The molecular formula is C15H23N3O2. The molecule has 1 aromatic heterocycles. The predicted molar refractivity (Wildman–Crippen MR) is 77.2 cm³/mol. The van der Waals surface area contributed by atoms with Gasteiger partial charge >= 0.3 is 0 Å². The summed E-state index contributed by atoms with van der Waals surface area (Å²) in [7, 11) is 1.76. The van der Waals surface area contributed by atoms with Crippen LogP contribution in [0, 0.1) is 16.7 Å². The fourth-order valence-corrected chi connectivity index (χ4v) is 2.09. The van der Waals surface area contributed by atoms with Crippen LogP contribution in [0.4, 0.5) is 0 Å². The zero-order chi connectivity index (χ0) is 15.3. The van der Waals surface area contributed by atoms with Crippen molar-refractivity contribution in [2.24, 2.45) is 12.5 Å². The Morgan fingerprint density at radius 2 is 2.15 bits per heavy atom. The molecule has 0 aliphatic carbocycles. The molecule has 0 fully saturated rings. The van der Waals surface area contributed by atoms with Crippen LogP contribution in [0.15, 0.2) is 12.3 Å². The number of amides is 1. The molecule has 110 valence electrons. The number of aromatic nitrogens is 1. The lowest BCUT2D eigenvalue weighted by Crippen LogP contribution is -2.39. The van der Waals surface area contributed by atoms with Crippen LogP contribution in [0.2, 0.25) is 0 Å². The summed E-state index contributed by atoms with van der Waals surface area (Å²) in [6.45, 7) is 7.39. The Morgan fingerprint density at radius 3 is 2.60 bits per heavy atom.